The van der Waals surface area contributed by atoms with Crippen molar-refractivity contribution in [3.05, 3.63) is 22.8 Å². The Labute approximate surface area is 73.0 Å². The van der Waals surface area contributed by atoms with Crippen LogP contribution in [0, 0.1) is 11.3 Å². The van der Waals surface area contributed by atoms with E-state index < -0.39 is 0 Å². The van der Waals surface area contributed by atoms with E-state index in [1.807, 2.05) is 26.0 Å². The Morgan fingerprint density at radius 1 is 1.55 bits per heavy atom. The Balaban J connectivity index is 4.14. The van der Waals surface area contributed by atoms with Gasteiger partial charge in [-0.05, 0) is 19.4 Å². The van der Waals surface area contributed by atoms with Gasteiger partial charge in [0.1, 0.15) is 0 Å². The number of halogens is 1. The molecule has 0 atom stereocenters. The molecule has 0 heterocycles. The van der Waals surface area contributed by atoms with E-state index in [0.717, 1.165) is 17.0 Å². The van der Waals surface area contributed by atoms with Crippen molar-refractivity contribution in [2.45, 2.75) is 26.7 Å². The largest absolute Gasteiger partial charge is 0.198 e. The zero-order valence-electron chi connectivity index (χ0n) is 6.89. The van der Waals surface area contributed by atoms with Crippen LogP contribution >= 0.6 is 11.6 Å². The fourth-order valence-electron chi connectivity index (χ4n) is 0.636. The highest BCUT2D eigenvalue weighted by Gasteiger charge is 1.89. The van der Waals surface area contributed by atoms with Crippen LogP contribution in [0.3, 0.4) is 0 Å². The summed E-state index contributed by atoms with van der Waals surface area (Å²) in [6, 6.07) is 2.10. The van der Waals surface area contributed by atoms with E-state index in [9.17, 15) is 0 Å². The number of rotatable bonds is 3. The summed E-state index contributed by atoms with van der Waals surface area (Å²) in [5.41, 5.74) is 1.12. The molecule has 60 valence electrons. The lowest BCUT2D eigenvalue weighted by molar-refractivity contribution is 1.04. The maximum atomic E-state index is 8.39. The molecule has 0 saturated carbocycles. The second kappa shape index (κ2) is 6.00. The van der Waals surface area contributed by atoms with Crippen molar-refractivity contribution in [1.82, 2.24) is 0 Å². The van der Waals surface area contributed by atoms with E-state index in [1.54, 1.807) is 0 Å². The van der Waals surface area contributed by atoms with Gasteiger partial charge < -0.3 is 0 Å². The lowest BCUT2D eigenvalue weighted by Gasteiger charge is -1.93. The molecule has 0 aromatic heterocycles. The summed E-state index contributed by atoms with van der Waals surface area (Å²) in [6.07, 6.45) is 5.13. The summed E-state index contributed by atoms with van der Waals surface area (Å²) >= 11 is 5.61. The summed E-state index contributed by atoms with van der Waals surface area (Å²) in [7, 11) is 0. The molecule has 0 radical (unpaired) electrons. The van der Waals surface area contributed by atoms with Crippen LogP contribution in [0.25, 0.3) is 0 Å². The lowest BCUT2D eigenvalue weighted by atomic mass is 10.1. The maximum absolute atomic E-state index is 8.39. The van der Waals surface area contributed by atoms with Gasteiger partial charge in [-0.15, -0.1) is 0 Å². The van der Waals surface area contributed by atoms with Gasteiger partial charge in [-0.1, -0.05) is 30.2 Å². The highest BCUT2D eigenvalue weighted by Crippen LogP contribution is 2.07. The van der Waals surface area contributed by atoms with Crippen LogP contribution in [-0.2, 0) is 0 Å². The van der Waals surface area contributed by atoms with E-state index >= 15 is 0 Å². The Bertz CT molecular complexity index is 204. The van der Waals surface area contributed by atoms with E-state index in [-0.39, 0.29) is 0 Å². The molecule has 0 bridgehead atoms. The average Bonchev–Trinajstić information content (AvgIpc) is 1.97. The molecule has 0 aromatic rings. The Hall–Kier alpha value is -0.740. The lowest BCUT2D eigenvalue weighted by Crippen LogP contribution is -1.76. The van der Waals surface area contributed by atoms with Crippen LogP contribution in [0.5, 0.6) is 0 Å². The van der Waals surface area contributed by atoms with Crippen LogP contribution in [-0.4, -0.2) is 0 Å². The number of nitrogens with zero attached hydrogens (tertiary/aromatic N) is 1. The molecule has 0 N–H and O–H groups in total. The maximum Gasteiger partial charge on any atom is 0.0666 e. The minimum atomic E-state index is 0.497. The van der Waals surface area contributed by atoms with Crippen molar-refractivity contribution in [2.24, 2.45) is 0 Å². The summed E-state index contributed by atoms with van der Waals surface area (Å²) in [5, 5.41) is 9.13. The normalized spacial score (nSPS) is 12.9. The molecule has 0 aliphatic heterocycles. The van der Waals surface area contributed by atoms with Gasteiger partial charge in [0.25, 0.3) is 0 Å². The first kappa shape index (κ1) is 10.3. The van der Waals surface area contributed by atoms with Crippen LogP contribution in [0.1, 0.15) is 26.7 Å². The van der Waals surface area contributed by atoms with E-state index in [2.05, 4.69) is 6.07 Å². The second-order valence-corrected chi connectivity index (χ2v) is 2.86. The molecule has 0 spiro atoms. The Morgan fingerprint density at radius 2 is 2.18 bits per heavy atom. The predicted molar refractivity (Wildman–Crippen MR) is 48.2 cm³/mol. The van der Waals surface area contributed by atoms with Crippen molar-refractivity contribution in [3.63, 3.8) is 0 Å². The highest BCUT2D eigenvalue weighted by atomic mass is 35.5. The first-order valence-corrected chi connectivity index (χ1v) is 3.97. The molecule has 2 heteroatoms. The molecule has 0 rings (SSSR count). The minimum absolute atomic E-state index is 0.497. The van der Waals surface area contributed by atoms with Crippen LogP contribution in [0.4, 0.5) is 0 Å². The molecule has 0 fully saturated rings. The number of hydrogen-bond acceptors (Lipinski definition) is 1. The van der Waals surface area contributed by atoms with Gasteiger partial charge in [0.05, 0.1) is 12.5 Å². The van der Waals surface area contributed by atoms with Gasteiger partial charge in [-0.2, -0.15) is 5.26 Å². The molecule has 1 nitrogen and oxygen atoms in total. The predicted octanol–water partition coefficient (Wildman–Crippen LogP) is 3.38. The van der Waals surface area contributed by atoms with Gasteiger partial charge in [0.15, 0.2) is 0 Å². The topological polar surface area (TPSA) is 23.8 Å². The monoisotopic (exact) mass is 169 g/mol. The number of nitriles is 1. The summed E-state index contributed by atoms with van der Waals surface area (Å²) in [5.74, 6) is 0. The molecular weight excluding hydrogens is 158 g/mol. The van der Waals surface area contributed by atoms with Crippen molar-refractivity contribution in [3.8, 4) is 6.07 Å². The van der Waals surface area contributed by atoms with Gasteiger partial charge in [-0.3, -0.25) is 0 Å². The molecule has 0 aliphatic carbocycles. The highest BCUT2D eigenvalue weighted by molar-refractivity contribution is 6.29. The van der Waals surface area contributed by atoms with E-state index in [4.69, 9.17) is 16.9 Å². The van der Waals surface area contributed by atoms with Gasteiger partial charge in [-0.25, -0.2) is 0 Å². The molecule has 0 unspecified atom stereocenters. The fourth-order valence-corrected chi connectivity index (χ4v) is 0.699. The van der Waals surface area contributed by atoms with Crippen molar-refractivity contribution in [2.75, 3.05) is 0 Å². The summed E-state index contributed by atoms with van der Waals surface area (Å²) in [4.78, 5) is 0. The van der Waals surface area contributed by atoms with E-state index in [0.29, 0.717) is 6.42 Å². The molecule has 0 aromatic carbocycles. The summed E-state index contributed by atoms with van der Waals surface area (Å²) in [6.45, 7) is 3.85. The van der Waals surface area contributed by atoms with Gasteiger partial charge in [0, 0.05) is 5.03 Å². The van der Waals surface area contributed by atoms with Crippen LogP contribution in [0.2, 0.25) is 0 Å². The third-order valence-electron chi connectivity index (χ3n) is 1.31. The molecular formula is C9H12ClN. The zero-order chi connectivity index (χ0) is 8.69. The fraction of sp³-hybridized carbons (Fsp3) is 0.444. The minimum Gasteiger partial charge on any atom is -0.198 e. The zero-order valence-corrected chi connectivity index (χ0v) is 7.65. The standard InChI is InChI=1S/C9H12ClN/c1-3-9(6-7-11)5-4-8(2)10/h4-5H,3,6H2,1-2H3/b8-4+,9-5+. The summed E-state index contributed by atoms with van der Waals surface area (Å²) < 4.78 is 0. The van der Waals surface area contributed by atoms with Crippen molar-refractivity contribution in [1.29, 1.82) is 5.26 Å². The second-order valence-electron chi connectivity index (χ2n) is 2.27. The quantitative estimate of drug-likeness (QED) is 0.595. The Morgan fingerprint density at radius 3 is 2.55 bits per heavy atom. The van der Waals surface area contributed by atoms with Gasteiger partial charge in [0.2, 0.25) is 0 Å². The molecule has 0 saturated heterocycles. The average molecular weight is 170 g/mol. The van der Waals surface area contributed by atoms with Crippen LogP contribution in [0.15, 0.2) is 22.8 Å². The third kappa shape index (κ3) is 5.69. The van der Waals surface area contributed by atoms with Crippen molar-refractivity contribution < 1.29 is 0 Å². The number of hydrogen-bond donors (Lipinski definition) is 0. The van der Waals surface area contributed by atoms with E-state index in [1.165, 1.54) is 0 Å². The van der Waals surface area contributed by atoms with Crippen LogP contribution < -0.4 is 0 Å². The molecule has 11 heavy (non-hydrogen) atoms. The molecule has 0 amide bonds. The third-order valence-corrected chi connectivity index (χ3v) is 1.43. The van der Waals surface area contributed by atoms with Gasteiger partial charge >= 0.3 is 0 Å². The SMILES string of the molecule is CC/C(=C\C=C(/C)Cl)CC#N. The first-order chi connectivity index (χ1) is 5.20. The smallest absolute Gasteiger partial charge is 0.0666 e. The number of allylic oxidation sites excluding steroid dienone is 4. The first-order valence-electron chi connectivity index (χ1n) is 3.59. The molecule has 0 aliphatic rings. The van der Waals surface area contributed by atoms with Crippen molar-refractivity contribution >= 4 is 11.6 Å². The Kier molecular flexibility index (Phi) is 5.60.